The largest absolute Gasteiger partial charge is 0.295 e. The molecule has 1 aliphatic rings. The molecule has 0 atom stereocenters. The molecular weight excluding hydrogens is 136 g/mol. The molecule has 0 aromatic heterocycles. The third kappa shape index (κ3) is 3.97. The van der Waals surface area contributed by atoms with E-state index >= 15 is 0 Å². The minimum atomic E-state index is 0.259. The smallest absolute Gasteiger partial charge is 0.155 e. The maximum atomic E-state index is 10.7. The fourth-order valence-corrected chi connectivity index (χ4v) is 1.16. The number of hydrogen-bond acceptors (Lipinski definition) is 1. The van der Waals surface area contributed by atoms with Crippen LogP contribution in [0.3, 0.4) is 0 Å². The third-order valence-electron chi connectivity index (χ3n) is 1.74. The van der Waals surface area contributed by atoms with Gasteiger partial charge in [0.2, 0.25) is 0 Å². The lowest BCUT2D eigenvalue weighted by atomic mass is 9.97. The zero-order chi connectivity index (χ0) is 8.69. The summed E-state index contributed by atoms with van der Waals surface area (Å²) in [6, 6.07) is 0. The van der Waals surface area contributed by atoms with Gasteiger partial charge in [0.15, 0.2) is 5.78 Å². The van der Waals surface area contributed by atoms with Gasteiger partial charge in [0.1, 0.15) is 0 Å². The zero-order valence-corrected chi connectivity index (χ0v) is 7.81. The van der Waals surface area contributed by atoms with Gasteiger partial charge in [-0.25, -0.2) is 0 Å². The number of ketones is 1. The average Bonchev–Trinajstić information content (AvgIpc) is 2.10. The predicted octanol–water partition coefficient (Wildman–Crippen LogP) is 3.10. The molecule has 1 rings (SSSR count). The Morgan fingerprint density at radius 1 is 1.36 bits per heavy atom. The Morgan fingerprint density at radius 3 is 2.27 bits per heavy atom. The summed E-state index contributed by atoms with van der Waals surface area (Å²) in [5.74, 6) is 0.259. The second-order valence-corrected chi connectivity index (χ2v) is 2.53. The Labute approximate surface area is 69.5 Å². The lowest BCUT2D eigenvalue weighted by Crippen LogP contribution is -2.00. The Balaban J connectivity index is 0.000000461. The van der Waals surface area contributed by atoms with E-state index in [1.165, 1.54) is 12.8 Å². The van der Waals surface area contributed by atoms with Crippen molar-refractivity contribution in [1.82, 2.24) is 0 Å². The van der Waals surface area contributed by atoms with Crippen LogP contribution in [0.25, 0.3) is 0 Å². The van der Waals surface area contributed by atoms with Crippen LogP contribution in [0.4, 0.5) is 0 Å². The van der Waals surface area contributed by atoms with Gasteiger partial charge in [0.25, 0.3) is 0 Å². The van der Waals surface area contributed by atoms with Crippen LogP contribution < -0.4 is 0 Å². The van der Waals surface area contributed by atoms with Gasteiger partial charge in [-0.2, -0.15) is 0 Å². The Bertz CT molecular complexity index is 145. The van der Waals surface area contributed by atoms with Crippen molar-refractivity contribution in [3.8, 4) is 0 Å². The van der Waals surface area contributed by atoms with E-state index in [-0.39, 0.29) is 5.78 Å². The quantitative estimate of drug-likeness (QED) is 0.567. The average molecular weight is 154 g/mol. The molecule has 0 aliphatic heterocycles. The van der Waals surface area contributed by atoms with Crippen molar-refractivity contribution >= 4 is 5.78 Å². The van der Waals surface area contributed by atoms with Crippen molar-refractivity contribution in [3.63, 3.8) is 0 Å². The van der Waals surface area contributed by atoms with Crippen LogP contribution in [0, 0.1) is 0 Å². The summed E-state index contributed by atoms with van der Waals surface area (Å²) >= 11 is 0. The fourth-order valence-electron chi connectivity index (χ4n) is 1.16. The second-order valence-electron chi connectivity index (χ2n) is 2.53. The van der Waals surface area contributed by atoms with E-state index in [0.29, 0.717) is 0 Å². The van der Waals surface area contributed by atoms with Gasteiger partial charge in [-0.15, -0.1) is 0 Å². The first kappa shape index (κ1) is 10.4. The maximum Gasteiger partial charge on any atom is 0.155 e. The number of hydrogen-bond donors (Lipinski definition) is 0. The van der Waals surface area contributed by atoms with Crippen LogP contribution in [-0.4, -0.2) is 5.78 Å². The molecule has 0 saturated carbocycles. The Kier molecular flexibility index (Phi) is 5.81. The lowest BCUT2D eigenvalue weighted by Gasteiger charge is -2.07. The molecule has 0 saturated heterocycles. The molecule has 0 aromatic carbocycles. The molecule has 11 heavy (non-hydrogen) atoms. The van der Waals surface area contributed by atoms with Crippen molar-refractivity contribution in [2.45, 2.75) is 46.5 Å². The molecule has 0 radical (unpaired) electrons. The SMILES string of the molecule is CC.CC(=O)C1=CCCCC1. The highest BCUT2D eigenvalue weighted by Gasteiger charge is 2.06. The van der Waals surface area contributed by atoms with E-state index < -0.39 is 0 Å². The van der Waals surface area contributed by atoms with Crippen LogP contribution in [0.15, 0.2) is 11.6 Å². The van der Waals surface area contributed by atoms with Crippen LogP contribution in [-0.2, 0) is 4.79 Å². The lowest BCUT2D eigenvalue weighted by molar-refractivity contribution is -0.113. The fraction of sp³-hybridized carbons (Fsp3) is 0.700. The summed E-state index contributed by atoms with van der Waals surface area (Å²) in [6.45, 7) is 5.65. The van der Waals surface area contributed by atoms with Gasteiger partial charge in [0.05, 0.1) is 0 Å². The third-order valence-corrected chi connectivity index (χ3v) is 1.74. The molecule has 0 spiro atoms. The summed E-state index contributed by atoms with van der Waals surface area (Å²) in [5, 5.41) is 0. The van der Waals surface area contributed by atoms with Crippen LogP contribution in [0.5, 0.6) is 0 Å². The molecule has 0 unspecified atom stereocenters. The first-order valence-corrected chi connectivity index (χ1v) is 4.50. The highest BCUT2D eigenvalue weighted by atomic mass is 16.1. The highest BCUT2D eigenvalue weighted by Crippen LogP contribution is 2.17. The first-order valence-electron chi connectivity index (χ1n) is 4.50. The van der Waals surface area contributed by atoms with Crippen molar-refractivity contribution < 1.29 is 4.79 Å². The summed E-state index contributed by atoms with van der Waals surface area (Å²) in [4.78, 5) is 10.7. The topological polar surface area (TPSA) is 17.1 Å². The Hall–Kier alpha value is -0.590. The van der Waals surface area contributed by atoms with E-state index in [4.69, 9.17) is 0 Å². The molecular formula is C10H18O. The maximum absolute atomic E-state index is 10.7. The van der Waals surface area contributed by atoms with E-state index in [0.717, 1.165) is 18.4 Å². The van der Waals surface area contributed by atoms with Crippen LogP contribution in [0.1, 0.15) is 46.5 Å². The summed E-state index contributed by atoms with van der Waals surface area (Å²) in [7, 11) is 0. The van der Waals surface area contributed by atoms with E-state index in [9.17, 15) is 4.79 Å². The molecule has 0 amide bonds. The standard InChI is InChI=1S/C8H12O.C2H6/c1-7(9)8-5-3-2-4-6-8;1-2/h5H,2-4,6H2,1H3;1-2H3. The molecule has 1 heteroatoms. The zero-order valence-electron chi connectivity index (χ0n) is 7.81. The molecule has 64 valence electrons. The predicted molar refractivity (Wildman–Crippen MR) is 48.6 cm³/mol. The van der Waals surface area contributed by atoms with E-state index in [2.05, 4.69) is 6.08 Å². The molecule has 0 heterocycles. The Morgan fingerprint density at radius 2 is 2.00 bits per heavy atom. The molecule has 1 nitrogen and oxygen atoms in total. The van der Waals surface area contributed by atoms with Crippen molar-refractivity contribution in [2.75, 3.05) is 0 Å². The number of Topliss-reactive ketones (excluding diaryl/α,β-unsaturated/α-hetero) is 1. The molecule has 0 N–H and O–H groups in total. The van der Waals surface area contributed by atoms with Crippen molar-refractivity contribution in [3.05, 3.63) is 11.6 Å². The van der Waals surface area contributed by atoms with Gasteiger partial charge < -0.3 is 0 Å². The number of rotatable bonds is 1. The normalized spacial score (nSPS) is 16.1. The number of allylic oxidation sites excluding steroid dienone is 2. The summed E-state index contributed by atoms with van der Waals surface area (Å²) in [5.41, 5.74) is 1.04. The minimum absolute atomic E-state index is 0.259. The minimum Gasteiger partial charge on any atom is -0.295 e. The van der Waals surface area contributed by atoms with Crippen molar-refractivity contribution in [1.29, 1.82) is 0 Å². The van der Waals surface area contributed by atoms with Crippen LogP contribution in [0.2, 0.25) is 0 Å². The van der Waals surface area contributed by atoms with E-state index in [1.54, 1.807) is 6.92 Å². The monoisotopic (exact) mass is 154 g/mol. The van der Waals surface area contributed by atoms with Gasteiger partial charge in [0, 0.05) is 0 Å². The molecule has 0 aromatic rings. The molecule has 1 aliphatic carbocycles. The van der Waals surface area contributed by atoms with Crippen molar-refractivity contribution in [2.24, 2.45) is 0 Å². The van der Waals surface area contributed by atoms with E-state index in [1.807, 2.05) is 13.8 Å². The van der Waals surface area contributed by atoms with Gasteiger partial charge in [-0.05, 0) is 38.2 Å². The first-order chi connectivity index (χ1) is 5.30. The molecule has 0 fully saturated rings. The highest BCUT2D eigenvalue weighted by molar-refractivity contribution is 5.93. The number of carbonyl (C=O) groups excluding carboxylic acids is 1. The van der Waals surface area contributed by atoms with Gasteiger partial charge >= 0.3 is 0 Å². The summed E-state index contributed by atoms with van der Waals surface area (Å²) in [6.07, 6.45) is 6.65. The van der Waals surface area contributed by atoms with Gasteiger partial charge in [-0.3, -0.25) is 4.79 Å². The van der Waals surface area contributed by atoms with Crippen LogP contribution >= 0.6 is 0 Å². The summed E-state index contributed by atoms with van der Waals surface area (Å²) < 4.78 is 0. The molecule has 0 bridgehead atoms. The second kappa shape index (κ2) is 6.14. The van der Waals surface area contributed by atoms with Gasteiger partial charge in [-0.1, -0.05) is 19.9 Å². The number of carbonyl (C=O) groups is 1.